The molecule has 0 amide bonds. The molecule has 0 aromatic heterocycles. The van der Waals surface area contributed by atoms with Crippen LogP contribution in [0.2, 0.25) is 0 Å². The highest BCUT2D eigenvalue weighted by Gasteiger charge is 2.31. The van der Waals surface area contributed by atoms with E-state index in [4.69, 9.17) is 5.11 Å². The molecule has 1 aromatic carbocycles. The molecular weight excluding hydrogens is 275 g/mol. The highest BCUT2D eigenvalue weighted by molar-refractivity contribution is 5.70. The lowest BCUT2D eigenvalue weighted by atomic mass is 10.1. The van der Waals surface area contributed by atoms with Gasteiger partial charge in [0.05, 0.1) is 5.92 Å². The molecule has 1 N–H and O–H groups in total. The van der Waals surface area contributed by atoms with Gasteiger partial charge < -0.3 is 9.84 Å². The van der Waals surface area contributed by atoms with Crippen LogP contribution in [0.3, 0.4) is 0 Å². The quantitative estimate of drug-likeness (QED) is 0.925. The van der Waals surface area contributed by atoms with Crippen molar-refractivity contribution >= 4 is 5.97 Å². The molecule has 7 heteroatoms. The molecule has 1 fully saturated rings. The van der Waals surface area contributed by atoms with Crippen molar-refractivity contribution in [3.8, 4) is 5.75 Å². The number of carboxylic acids is 1. The lowest BCUT2D eigenvalue weighted by Gasteiger charge is -2.15. The Bertz CT molecular complexity index is 473. The molecule has 2 rings (SSSR count). The van der Waals surface area contributed by atoms with Crippen LogP contribution in [0.5, 0.6) is 5.75 Å². The first-order valence-electron chi connectivity index (χ1n) is 6.13. The van der Waals surface area contributed by atoms with Crippen LogP contribution in [0.1, 0.15) is 12.0 Å². The second kappa shape index (κ2) is 5.70. The Balaban J connectivity index is 1.90. The van der Waals surface area contributed by atoms with Gasteiger partial charge in [0.2, 0.25) is 0 Å². The molecule has 1 aliphatic heterocycles. The molecule has 0 bridgehead atoms. The summed E-state index contributed by atoms with van der Waals surface area (Å²) >= 11 is 0. The molecule has 0 radical (unpaired) electrons. The van der Waals surface area contributed by atoms with Crippen molar-refractivity contribution in [1.82, 2.24) is 4.90 Å². The van der Waals surface area contributed by atoms with E-state index in [0.29, 0.717) is 26.1 Å². The molecule has 0 unspecified atom stereocenters. The second-order valence-electron chi connectivity index (χ2n) is 4.75. The molecule has 1 aliphatic rings. The summed E-state index contributed by atoms with van der Waals surface area (Å²) in [6.07, 6.45) is -4.09. The third-order valence-corrected chi connectivity index (χ3v) is 3.18. The van der Waals surface area contributed by atoms with Crippen LogP contribution in [0, 0.1) is 5.92 Å². The van der Waals surface area contributed by atoms with Crippen molar-refractivity contribution in [2.24, 2.45) is 5.92 Å². The number of hydrogen-bond donors (Lipinski definition) is 1. The van der Waals surface area contributed by atoms with Gasteiger partial charge in [0.25, 0.3) is 0 Å². The Labute approximate surface area is 113 Å². The van der Waals surface area contributed by atoms with Crippen molar-refractivity contribution in [2.75, 3.05) is 13.1 Å². The average Bonchev–Trinajstić information content (AvgIpc) is 2.78. The summed E-state index contributed by atoms with van der Waals surface area (Å²) in [5.74, 6) is -1.42. The van der Waals surface area contributed by atoms with Crippen LogP contribution in [0.25, 0.3) is 0 Å². The van der Waals surface area contributed by atoms with Gasteiger partial charge in [-0.25, -0.2) is 0 Å². The van der Waals surface area contributed by atoms with E-state index in [1.165, 1.54) is 12.1 Å². The van der Waals surface area contributed by atoms with E-state index in [2.05, 4.69) is 4.74 Å². The first kappa shape index (κ1) is 14.6. The highest BCUT2D eigenvalue weighted by Crippen LogP contribution is 2.24. The number of ether oxygens (including phenoxy) is 1. The summed E-state index contributed by atoms with van der Waals surface area (Å²) in [7, 11) is 0. The summed E-state index contributed by atoms with van der Waals surface area (Å²) in [6, 6.07) is 5.62. The number of alkyl halides is 3. The molecule has 0 saturated carbocycles. The molecule has 0 aliphatic carbocycles. The predicted molar refractivity (Wildman–Crippen MR) is 64.1 cm³/mol. The summed E-state index contributed by atoms with van der Waals surface area (Å²) in [5, 5.41) is 8.89. The Kier molecular flexibility index (Phi) is 4.17. The second-order valence-corrected chi connectivity index (χ2v) is 4.75. The van der Waals surface area contributed by atoms with E-state index in [1.807, 2.05) is 4.90 Å². The number of hydrogen-bond acceptors (Lipinski definition) is 3. The minimum absolute atomic E-state index is 0.258. The van der Waals surface area contributed by atoms with E-state index in [0.717, 1.165) is 5.56 Å². The minimum atomic E-state index is -4.69. The van der Waals surface area contributed by atoms with E-state index < -0.39 is 12.3 Å². The van der Waals surface area contributed by atoms with Crippen molar-refractivity contribution in [1.29, 1.82) is 0 Å². The maximum atomic E-state index is 12.0. The number of rotatable bonds is 4. The van der Waals surface area contributed by atoms with E-state index >= 15 is 0 Å². The summed E-state index contributed by atoms with van der Waals surface area (Å²) in [4.78, 5) is 12.8. The van der Waals surface area contributed by atoms with Gasteiger partial charge in [-0.15, -0.1) is 13.2 Å². The van der Waals surface area contributed by atoms with Gasteiger partial charge >= 0.3 is 12.3 Å². The number of carbonyl (C=O) groups is 1. The SMILES string of the molecule is O=C(O)[C@H]1CCN(Cc2ccc(OC(F)(F)F)cc2)C1. The number of nitrogens with zero attached hydrogens (tertiary/aromatic N) is 1. The van der Waals surface area contributed by atoms with E-state index in [-0.39, 0.29) is 11.7 Å². The first-order chi connectivity index (χ1) is 9.33. The largest absolute Gasteiger partial charge is 0.573 e. The van der Waals surface area contributed by atoms with Gasteiger partial charge in [-0.05, 0) is 30.7 Å². The predicted octanol–water partition coefficient (Wildman–Crippen LogP) is 2.49. The smallest absolute Gasteiger partial charge is 0.481 e. The van der Waals surface area contributed by atoms with Crippen LogP contribution in [-0.2, 0) is 11.3 Å². The molecule has 1 aromatic rings. The Morgan fingerprint density at radius 3 is 2.50 bits per heavy atom. The van der Waals surface area contributed by atoms with Gasteiger partial charge in [-0.2, -0.15) is 0 Å². The van der Waals surface area contributed by atoms with Crippen molar-refractivity contribution < 1.29 is 27.8 Å². The van der Waals surface area contributed by atoms with Gasteiger partial charge in [-0.1, -0.05) is 12.1 Å². The molecule has 1 saturated heterocycles. The average molecular weight is 289 g/mol. The summed E-state index contributed by atoms with van der Waals surface area (Å²) < 4.78 is 39.8. The van der Waals surface area contributed by atoms with Crippen LogP contribution >= 0.6 is 0 Å². The third-order valence-electron chi connectivity index (χ3n) is 3.18. The summed E-state index contributed by atoms with van der Waals surface area (Å²) in [6.45, 7) is 1.67. The van der Waals surface area contributed by atoms with Crippen molar-refractivity contribution in [3.05, 3.63) is 29.8 Å². The maximum Gasteiger partial charge on any atom is 0.573 e. The third kappa shape index (κ3) is 4.12. The molecule has 1 heterocycles. The van der Waals surface area contributed by atoms with E-state index in [1.54, 1.807) is 12.1 Å². The fraction of sp³-hybridized carbons (Fsp3) is 0.462. The number of carboxylic acid groups (broad SMARTS) is 1. The van der Waals surface area contributed by atoms with Crippen molar-refractivity contribution in [3.63, 3.8) is 0 Å². The Hall–Kier alpha value is -1.76. The number of benzene rings is 1. The van der Waals surface area contributed by atoms with Crippen LogP contribution < -0.4 is 4.74 Å². The summed E-state index contributed by atoms with van der Waals surface area (Å²) in [5.41, 5.74) is 0.825. The molecule has 110 valence electrons. The zero-order valence-electron chi connectivity index (χ0n) is 10.6. The van der Waals surface area contributed by atoms with Crippen LogP contribution in [0.4, 0.5) is 13.2 Å². The molecule has 0 spiro atoms. The Morgan fingerprint density at radius 2 is 2.00 bits per heavy atom. The van der Waals surface area contributed by atoms with E-state index in [9.17, 15) is 18.0 Å². The number of halogens is 3. The van der Waals surface area contributed by atoms with Gasteiger partial charge in [0.15, 0.2) is 0 Å². The maximum absolute atomic E-state index is 12.0. The Morgan fingerprint density at radius 1 is 1.35 bits per heavy atom. The first-order valence-corrected chi connectivity index (χ1v) is 6.13. The number of aliphatic carboxylic acids is 1. The standard InChI is InChI=1S/C13H14F3NO3/c14-13(15,16)20-11-3-1-9(2-4-11)7-17-6-5-10(8-17)12(18)19/h1-4,10H,5-8H2,(H,18,19)/t10-/m0/s1. The highest BCUT2D eigenvalue weighted by atomic mass is 19.4. The fourth-order valence-electron chi connectivity index (χ4n) is 2.23. The molecule has 1 atom stereocenters. The van der Waals surface area contributed by atoms with Crippen LogP contribution in [-0.4, -0.2) is 35.4 Å². The molecule has 20 heavy (non-hydrogen) atoms. The van der Waals surface area contributed by atoms with Crippen LogP contribution in [0.15, 0.2) is 24.3 Å². The van der Waals surface area contributed by atoms with Crippen molar-refractivity contribution in [2.45, 2.75) is 19.3 Å². The lowest BCUT2D eigenvalue weighted by Crippen LogP contribution is -2.22. The topological polar surface area (TPSA) is 49.8 Å². The fourth-order valence-corrected chi connectivity index (χ4v) is 2.23. The molecular formula is C13H14F3NO3. The van der Waals surface area contributed by atoms with Gasteiger partial charge in [0, 0.05) is 13.1 Å². The van der Waals surface area contributed by atoms with Gasteiger partial charge in [0.1, 0.15) is 5.75 Å². The zero-order valence-corrected chi connectivity index (χ0v) is 10.6. The molecule has 4 nitrogen and oxygen atoms in total. The minimum Gasteiger partial charge on any atom is -0.481 e. The lowest BCUT2D eigenvalue weighted by molar-refractivity contribution is -0.274. The normalized spacial score (nSPS) is 20.1. The monoisotopic (exact) mass is 289 g/mol. The zero-order chi connectivity index (χ0) is 14.8. The van der Waals surface area contributed by atoms with Gasteiger partial charge in [-0.3, -0.25) is 9.69 Å². The number of likely N-dealkylation sites (tertiary alicyclic amines) is 1.